The third-order valence-electron chi connectivity index (χ3n) is 14.9. The molecule has 5 aliphatic rings. The molecule has 3 saturated carbocycles. The van der Waals surface area contributed by atoms with E-state index in [-0.39, 0.29) is 42.2 Å². The average Bonchev–Trinajstić information content (AvgIpc) is 3.02. The van der Waals surface area contributed by atoms with Gasteiger partial charge < -0.3 is 25.1 Å². The van der Waals surface area contributed by atoms with Gasteiger partial charge in [0.25, 0.3) is 0 Å². The zero-order chi connectivity index (χ0) is 35.0. The highest BCUT2D eigenvalue weighted by Gasteiger charge is 2.74. The summed E-state index contributed by atoms with van der Waals surface area (Å²) in [4.78, 5) is 40.8. The molecule has 6 rings (SSSR count). The molecule has 1 unspecified atom stereocenters. The third-order valence-corrected chi connectivity index (χ3v) is 14.9. The zero-order valence-electron chi connectivity index (χ0n) is 30.2. The maximum absolute atomic E-state index is 14.8. The lowest BCUT2D eigenvalue weighted by Crippen LogP contribution is -2.71. The number of fused-ring (bicyclic) bond motifs is 3. The van der Waals surface area contributed by atoms with E-state index in [1.807, 2.05) is 43.3 Å². The molecule has 1 aliphatic heterocycles. The molecule has 12 atom stereocenters. The molecule has 48 heavy (non-hydrogen) atoms. The Balaban J connectivity index is 1.41. The molecular weight excluding hydrogens is 606 g/mol. The number of aliphatic carboxylic acids is 1. The van der Waals surface area contributed by atoms with Crippen LogP contribution < -0.4 is 5.73 Å². The van der Waals surface area contributed by atoms with Crippen LogP contribution in [0.1, 0.15) is 99.1 Å². The molecule has 0 radical (unpaired) electrons. The zero-order valence-corrected chi connectivity index (χ0v) is 30.2. The normalized spacial score (nSPS) is 43.2. The first kappa shape index (κ1) is 35.3. The van der Waals surface area contributed by atoms with E-state index in [2.05, 4.69) is 41.5 Å². The van der Waals surface area contributed by atoms with Crippen molar-refractivity contribution in [1.82, 2.24) is 0 Å². The molecule has 1 heterocycles. The molecule has 3 N–H and O–H groups in total. The van der Waals surface area contributed by atoms with Gasteiger partial charge in [-0.3, -0.25) is 14.4 Å². The molecule has 8 nitrogen and oxygen atoms in total. The molecule has 264 valence electrons. The summed E-state index contributed by atoms with van der Waals surface area (Å²) in [5, 5.41) is 10.9. The van der Waals surface area contributed by atoms with Crippen molar-refractivity contribution in [3.8, 4) is 0 Å². The van der Waals surface area contributed by atoms with Crippen molar-refractivity contribution >= 4 is 17.7 Å². The second-order valence-electron chi connectivity index (χ2n) is 17.4. The minimum Gasteiger partial charge on any atom is -0.481 e. The topological polar surface area (TPSA) is 125 Å². The standard InChI is InChI=1S/C40H57NO7/c1-23(2)24(3)36(5)16-17-38(7)27-14-15-31-37(6)21-46-22-40(31,28(27)18-32(43)39(38,8)33(36)35(44)45)19-30(48-25(4)42)34(37)47-20-29(41)26-12-10-9-11-13-26/h9-13,18,23-24,27,29-31,33-34H,14-17,19-22,41H2,1-8H3,(H,44,45)/t24-,27+,29?,30-,31+,33-,34+,36-,37-,38-,39+,40+/m1/s1. The van der Waals surface area contributed by atoms with Gasteiger partial charge in [-0.15, -0.1) is 0 Å². The maximum Gasteiger partial charge on any atom is 0.308 e. The number of hydrogen-bond donors (Lipinski definition) is 2. The Hall–Kier alpha value is -2.55. The lowest BCUT2D eigenvalue weighted by atomic mass is 9.34. The molecule has 8 heteroatoms. The number of rotatable bonds is 8. The minimum absolute atomic E-state index is 0.0186. The van der Waals surface area contributed by atoms with Crippen molar-refractivity contribution in [2.24, 2.45) is 62.4 Å². The number of esters is 1. The molecule has 0 spiro atoms. The average molecular weight is 664 g/mol. The number of benzene rings is 1. The number of carboxylic acids is 1. The summed E-state index contributed by atoms with van der Waals surface area (Å²) in [5.74, 6) is -1.54. The second-order valence-corrected chi connectivity index (χ2v) is 17.4. The Morgan fingerprint density at radius 1 is 1.04 bits per heavy atom. The first-order valence-corrected chi connectivity index (χ1v) is 18.1. The van der Waals surface area contributed by atoms with Crippen LogP contribution in [0.5, 0.6) is 0 Å². The van der Waals surface area contributed by atoms with Gasteiger partial charge in [0, 0.05) is 23.2 Å². The molecule has 4 aliphatic carbocycles. The summed E-state index contributed by atoms with van der Waals surface area (Å²) in [7, 11) is 0. The summed E-state index contributed by atoms with van der Waals surface area (Å²) >= 11 is 0. The Kier molecular flexibility index (Phi) is 8.86. The molecular formula is C40H57NO7. The van der Waals surface area contributed by atoms with E-state index in [0.29, 0.717) is 25.6 Å². The van der Waals surface area contributed by atoms with Crippen LogP contribution in [0.2, 0.25) is 0 Å². The summed E-state index contributed by atoms with van der Waals surface area (Å²) in [6, 6.07) is 9.52. The summed E-state index contributed by atoms with van der Waals surface area (Å²) in [6.07, 6.45) is 4.66. The number of allylic oxidation sites excluding steroid dienone is 1. The molecule has 1 saturated heterocycles. The Morgan fingerprint density at radius 3 is 2.35 bits per heavy atom. The summed E-state index contributed by atoms with van der Waals surface area (Å²) < 4.78 is 19.3. The SMILES string of the molecule is CC(=O)O[C@@H]1C[C@@]23COC[C@](C)([C@@H]2CC[C@H]2C3=CC(=O)[C@@]3(C)[C@H](C(=O)O)[C@@](C)([C@H](C)C(C)C)CC[C@]23C)[C@H]1OCC(N)c1ccccc1. The highest BCUT2D eigenvalue weighted by molar-refractivity contribution is 6.00. The first-order valence-electron chi connectivity index (χ1n) is 18.1. The van der Waals surface area contributed by atoms with Gasteiger partial charge in [-0.05, 0) is 78.2 Å². The van der Waals surface area contributed by atoms with E-state index in [1.165, 1.54) is 6.92 Å². The Labute approximate surface area is 286 Å². The van der Waals surface area contributed by atoms with Crippen LogP contribution in [0.4, 0.5) is 0 Å². The lowest BCUT2D eigenvalue weighted by molar-refractivity contribution is -0.266. The number of carboxylic acid groups (broad SMARTS) is 1. The van der Waals surface area contributed by atoms with Gasteiger partial charge >= 0.3 is 11.9 Å². The number of carbonyl (C=O) groups is 3. The maximum atomic E-state index is 14.8. The van der Waals surface area contributed by atoms with Gasteiger partial charge in [0.2, 0.25) is 0 Å². The Bertz CT molecular complexity index is 1470. The quantitative estimate of drug-likeness (QED) is 0.292. The fourth-order valence-electron chi connectivity index (χ4n) is 12.0. The van der Waals surface area contributed by atoms with Gasteiger partial charge in [-0.2, -0.15) is 0 Å². The number of ketones is 1. The second kappa shape index (κ2) is 12.1. The van der Waals surface area contributed by atoms with Gasteiger partial charge in [0.1, 0.15) is 12.2 Å². The van der Waals surface area contributed by atoms with Crippen LogP contribution in [-0.4, -0.2) is 54.9 Å². The first-order chi connectivity index (χ1) is 22.5. The van der Waals surface area contributed by atoms with Gasteiger partial charge in [-0.1, -0.05) is 84.4 Å². The number of carbonyl (C=O) groups excluding carboxylic acids is 2. The van der Waals surface area contributed by atoms with Crippen LogP contribution in [0.25, 0.3) is 0 Å². The molecule has 1 aromatic carbocycles. The highest BCUT2D eigenvalue weighted by Crippen LogP contribution is 2.74. The van der Waals surface area contributed by atoms with Crippen LogP contribution in [-0.2, 0) is 28.6 Å². The van der Waals surface area contributed by atoms with Crippen molar-refractivity contribution in [3.63, 3.8) is 0 Å². The summed E-state index contributed by atoms with van der Waals surface area (Å²) in [5.41, 5.74) is 5.49. The van der Waals surface area contributed by atoms with Gasteiger partial charge in [-0.25, -0.2) is 0 Å². The number of nitrogens with two attached hydrogens (primary N) is 1. The van der Waals surface area contributed by atoms with Gasteiger partial charge in [0.15, 0.2) is 5.78 Å². The van der Waals surface area contributed by atoms with Crippen molar-refractivity contribution in [3.05, 3.63) is 47.5 Å². The van der Waals surface area contributed by atoms with Crippen molar-refractivity contribution in [2.45, 2.75) is 106 Å². The predicted octanol–water partition coefficient (Wildman–Crippen LogP) is 6.77. The van der Waals surface area contributed by atoms with Crippen LogP contribution in [0.3, 0.4) is 0 Å². The smallest absolute Gasteiger partial charge is 0.308 e. The van der Waals surface area contributed by atoms with Crippen molar-refractivity contribution in [2.75, 3.05) is 19.8 Å². The van der Waals surface area contributed by atoms with E-state index in [9.17, 15) is 19.5 Å². The van der Waals surface area contributed by atoms with E-state index < -0.39 is 51.2 Å². The highest BCUT2D eigenvalue weighted by atomic mass is 16.6. The molecule has 0 amide bonds. The fraction of sp³-hybridized carbons (Fsp3) is 0.725. The van der Waals surface area contributed by atoms with Crippen LogP contribution in [0.15, 0.2) is 42.0 Å². The predicted molar refractivity (Wildman–Crippen MR) is 183 cm³/mol. The molecule has 4 fully saturated rings. The monoisotopic (exact) mass is 663 g/mol. The largest absolute Gasteiger partial charge is 0.481 e. The lowest BCUT2D eigenvalue weighted by Gasteiger charge is -2.70. The van der Waals surface area contributed by atoms with Gasteiger partial charge in [0.05, 0.1) is 31.8 Å². The molecule has 2 bridgehead atoms. The van der Waals surface area contributed by atoms with Crippen LogP contribution >= 0.6 is 0 Å². The minimum atomic E-state index is -1.06. The molecule has 0 aromatic heterocycles. The van der Waals surface area contributed by atoms with E-state index in [0.717, 1.165) is 36.8 Å². The Morgan fingerprint density at radius 2 is 1.73 bits per heavy atom. The van der Waals surface area contributed by atoms with E-state index in [4.69, 9.17) is 19.9 Å². The summed E-state index contributed by atoms with van der Waals surface area (Å²) in [6.45, 7) is 17.5. The number of hydrogen-bond acceptors (Lipinski definition) is 7. The number of ether oxygens (including phenoxy) is 3. The van der Waals surface area contributed by atoms with Crippen molar-refractivity contribution in [1.29, 1.82) is 0 Å². The molecule has 1 aromatic rings. The van der Waals surface area contributed by atoms with E-state index >= 15 is 0 Å². The van der Waals surface area contributed by atoms with Crippen molar-refractivity contribution < 1.29 is 33.7 Å². The van der Waals surface area contributed by atoms with Crippen LogP contribution in [0, 0.1) is 56.7 Å². The van der Waals surface area contributed by atoms with E-state index in [1.54, 1.807) is 0 Å². The third kappa shape index (κ3) is 4.90. The fourth-order valence-corrected chi connectivity index (χ4v) is 12.0.